The molecule has 2 aromatic carbocycles. The largest absolute Gasteiger partial charge is 0.492 e. The van der Waals surface area contributed by atoms with E-state index in [1.165, 1.54) is 11.1 Å². The third kappa shape index (κ3) is 4.47. The summed E-state index contributed by atoms with van der Waals surface area (Å²) >= 11 is 10.6. The highest BCUT2D eigenvalue weighted by molar-refractivity contribution is 9.11. The molecule has 112 valence electrons. The molecule has 21 heavy (non-hydrogen) atoms. The van der Waals surface area contributed by atoms with Gasteiger partial charge < -0.3 is 10.1 Å². The van der Waals surface area contributed by atoms with Crippen LogP contribution in [0.5, 0.6) is 5.75 Å². The lowest BCUT2D eigenvalue weighted by Gasteiger charge is -2.13. The Morgan fingerprint density at radius 3 is 2.29 bits per heavy atom. The van der Waals surface area contributed by atoms with Crippen LogP contribution in [-0.4, -0.2) is 6.61 Å². The molecule has 2 aromatic rings. The van der Waals surface area contributed by atoms with Gasteiger partial charge in [-0.25, -0.2) is 0 Å². The van der Waals surface area contributed by atoms with Crippen LogP contribution in [0, 0.1) is 6.92 Å². The molecule has 1 N–H and O–H groups in total. The molecule has 0 aliphatic carbocycles. The number of anilines is 1. The van der Waals surface area contributed by atoms with Crippen LogP contribution in [0.15, 0.2) is 43.7 Å². The second kappa shape index (κ2) is 7.65. The minimum absolute atomic E-state index is 0.646. The van der Waals surface area contributed by atoms with Crippen LogP contribution in [0.25, 0.3) is 0 Å². The maximum atomic E-state index is 5.60. The third-order valence-corrected chi connectivity index (χ3v) is 4.69. The standard InChI is InChI=1S/C16H16Br3NO/c1-3-21-16-13(18)7-11(8-14(16)19)9-20-15-5-4-12(17)6-10(15)2/h4-8,20H,3,9H2,1-2H3. The van der Waals surface area contributed by atoms with Crippen molar-refractivity contribution in [3.05, 3.63) is 54.9 Å². The molecule has 0 aromatic heterocycles. The van der Waals surface area contributed by atoms with E-state index < -0.39 is 0 Å². The van der Waals surface area contributed by atoms with Crippen molar-refractivity contribution < 1.29 is 4.74 Å². The van der Waals surface area contributed by atoms with Gasteiger partial charge in [0.15, 0.2) is 0 Å². The molecule has 0 bridgehead atoms. The highest BCUT2D eigenvalue weighted by Gasteiger charge is 2.09. The summed E-state index contributed by atoms with van der Waals surface area (Å²) < 4.78 is 8.61. The van der Waals surface area contributed by atoms with E-state index in [1.54, 1.807) is 0 Å². The molecule has 0 atom stereocenters. The fourth-order valence-electron chi connectivity index (χ4n) is 2.02. The molecule has 0 spiro atoms. The van der Waals surface area contributed by atoms with Gasteiger partial charge in [0.1, 0.15) is 5.75 Å². The minimum atomic E-state index is 0.646. The molecule has 5 heteroatoms. The number of ether oxygens (including phenoxy) is 1. The summed E-state index contributed by atoms with van der Waals surface area (Å²) in [4.78, 5) is 0. The first-order valence-corrected chi connectivity index (χ1v) is 9.00. The molecular formula is C16H16Br3NO. The Hall–Kier alpha value is -0.520. The SMILES string of the molecule is CCOc1c(Br)cc(CNc2ccc(Br)cc2C)cc1Br. The fourth-order valence-corrected chi connectivity index (χ4v) is 4.01. The number of hydrogen-bond acceptors (Lipinski definition) is 2. The lowest BCUT2D eigenvalue weighted by molar-refractivity contribution is 0.336. The van der Waals surface area contributed by atoms with Gasteiger partial charge in [-0.1, -0.05) is 15.9 Å². The van der Waals surface area contributed by atoms with Crippen LogP contribution in [0.2, 0.25) is 0 Å². The van der Waals surface area contributed by atoms with Crippen LogP contribution < -0.4 is 10.1 Å². The Morgan fingerprint density at radius 1 is 1.05 bits per heavy atom. The second-order valence-electron chi connectivity index (χ2n) is 4.63. The molecule has 0 heterocycles. The van der Waals surface area contributed by atoms with Gasteiger partial charge in [-0.3, -0.25) is 0 Å². The molecule has 0 amide bonds. The summed E-state index contributed by atoms with van der Waals surface area (Å²) in [6.07, 6.45) is 0. The predicted molar refractivity (Wildman–Crippen MR) is 99.2 cm³/mol. The van der Waals surface area contributed by atoms with Crippen LogP contribution in [-0.2, 0) is 6.54 Å². The van der Waals surface area contributed by atoms with E-state index in [4.69, 9.17) is 4.74 Å². The first kappa shape index (κ1) is 16.8. The smallest absolute Gasteiger partial charge is 0.147 e. The molecule has 0 saturated carbocycles. The Morgan fingerprint density at radius 2 is 1.71 bits per heavy atom. The van der Waals surface area contributed by atoms with E-state index in [-0.39, 0.29) is 0 Å². The Kier molecular flexibility index (Phi) is 6.14. The number of rotatable bonds is 5. The summed E-state index contributed by atoms with van der Waals surface area (Å²) in [5, 5.41) is 3.46. The number of hydrogen-bond donors (Lipinski definition) is 1. The summed E-state index contributed by atoms with van der Waals surface area (Å²) in [5.74, 6) is 0.848. The van der Waals surface area contributed by atoms with Crippen molar-refractivity contribution in [1.29, 1.82) is 0 Å². The summed E-state index contributed by atoms with van der Waals surface area (Å²) in [6, 6.07) is 10.4. The van der Waals surface area contributed by atoms with Gasteiger partial charge in [-0.05, 0) is 87.2 Å². The second-order valence-corrected chi connectivity index (χ2v) is 7.26. The number of benzene rings is 2. The number of halogens is 3. The monoisotopic (exact) mass is 475 g/mol. The van der Waals surface area contributed by atoms with E-state index in [0.29, 0.717) is 6.61 Å². The Labute approximate surface area is 150 Å². The van der Waals surface area contributed by atoms with Gasteiger partial charge >= 0.3 is 0 Å². The topological polar surface area (TPSA) is 21.3 Å². The van der Waals surface area contributed by atoms with Gasteiger partial charge in [-0.15, -0.1) is 0 Å². The average molecular weight is 478 g/mol. The van der Waals surface area contributed by atoms with E-state index >= 15 is 0 Å². The van der Waals surface area contributed by atoms with Crippen molar-refractivity contribution in [2.75, 3.05) is 11.9 Å². The van der Waals surface area contributed by atoms with E-state index in [0.717, 1.165) is 31.4 Å². The van der Waals surface area contributed by atoms with Gasteiger partial charge in [0.05, 0.1) is 15.6 Å². The van der Waals surface area contributed by atoms with Gasteiger partial charge in [0.2, 0.25) is 0 Å². The van der Waals surface area contributed by atoms with Gasteiger partial charge in [0.25, 0.3) is 0 Å². The molecule has 2 nitrogen and oxygen atoms in total. The zero-order valence-corrected chi connectivity index (χ0v) is 16.6. The van der Waals surface area contributed by atoms with Crippen molar-refractivity contribution >= 4 is 53.5 Å². The Balaban J connectivity index is 2.13. The normalized spacial score (nSPS) is 10.5. The lowest BCUT2D eigenvalue weighted by atomic mass is 10.1. The number of nitrogens with one attached hydrogen (secondary N) is 1. The van der Waals surface area contributed by atoms with Crippen LogP contribution in [0.4, 0.5) is 5.69 Å². The molecule has 0 aliphatic heterocycles. The van der Waals surface area contributed by atoms with Crippen LogP contribution in [0.1, 0.15) is 18.1 Å². The van der Waals surface area contributed by atoms with Crippen molar-refractivity contribution in [3.63, 3.8) is 0 Å². The van der Waals surface area contributed by atoms with Gasteiger partial charge in [0, 0.05) is 16.7 Å². The highest BCUT2D eigenvalue weighted by atomic mass is 79.9. The molecular weight excluding hydrogens is 462 g/mol. The van der Waals surface area contributed by atoms with Crippen molar-refractivity contribution in [2.45, 2.75) is 20.4 Å². The lowest BCUT2D eigenvalue weighted by Crippen LogP contribution is -2.02. The summed E-state index contributed by atoms with van der Waals surface area (Å²) in [6.45, 7) is 5.47. The maximum Gasteiger partial charge on any atom is 0.147 e. The molecule has 0 saturated heterocycles. The molecule has 0 aliphatic rings. The summed E-state index contributed by atoms with van der Waals surface area (Å²) in [7, 11) is 0. The van der Waals surface area contributed by atoms with Crippen LogP contribution in [0.3, 0.4) is 0 Å². The minimum Gasteiger partial charge on any atom is -0.492 e. The van der Waals surface area contributed by atoms with E-state index in [1.807, 2.05) is 13.0 Å². The highest BCUT2D eigenvalue weighted by Crippen LogP contribution is 2.35. The molecule has 0 fully saturated rings. The molecule has 2 rings (SSSR count). The molecule has 0 unspecified atom stereocenters. The van der Waals surface area contributed by atoms with Crippen molar-refractivity contribution in [3.8, 4) is 5.75 Å². The fraction of sp³-hybridized carbons (Fsp3) is 0.250. The molecule has 0 radical (unpaired) electrons. The zero-order valence-electron chi connectivity index (χ0n) is 11.8. The third-order valence-electron chi connectivity index (χ3n) is 3.02. The van der Waals surface area contributed by atoms with Crippen molar-refractivity contribution in [1.82, 2.24) is 0 Å². The predicted octanol–water partition coefficient (Wildman–Crippen LogP) is 6.29. The van der Waals surface area contributed by atoms with Crippen LogP contribution >= 0.6 is 47.8 Å². The van der Waals surface area contributed by atoms with Crippen molar-refractivity contribution in [2.24, 2.45) is 0 Å². The average Bonchev–Trinajstić information content (AvgIpc) is 2.42. The Bertz CT molecular complexity index is 620. The quantitative estimate of drug-likeness (QED) is 0.546. The first-order chi connectivity index (χ1) is 10.0. The van der Waals surface area contributed by atoms with Gasteiger partial charge in [-0.2, -0.15) is 0 Å². The van der Waals surface area contributed by atoms with E-state index in [2.05, 4.69) is 84.3 Å². The maximum absolute atomic E-state index is 5.60. The zero-order chi connectivity index (χ0) is 15.4. The van der Waals surface area contributed by atoms with E-state index in [9.17, 15) is 0 Å². The summed E-state index contributed by atoms with van der Waals surface area (Å²) in [5.41, 5.74) is 3.53. The number of aryl methyl sites for hydroxylation is 1. The first-order valence-electron chi connectivity index (χ1n) is 6.62.